The standard InChI is InChI=1S/C10H21NO3S/c11-15(12,13)9-2-1-7-14-8-6-10-4-3-5-10/h10H,1-9H2,(H2,11,12,13). The van der Waals surface area contributed by atoms with Gasteiger partial charge in [-0.15, -0.1) is 0 Å². The first-order valence-corrected chi connectivity index (χ1v) is 7.38. The van der Waals surface area contributed by atoms with Gasteiger partial charge in [0.1, 0.15) is 0 Å². The number of nitrogens with two attached hydrogens (primary N) is 1. The van der Waals surface area contributed by atoms with Crippen LogP contribution >= 0.6 is 0 Å². The molecule has 2 N–H and O–H groups in total. The highest BCUT2D eigenvalue weighted by Crippen LogP contribution is 2.29. The zero-order chi connectivity index (χ0) is 11.1. The summed E-state index contributed by atoms with van der Waals surface area (Å²) in [6, 6.07) is 0. The molecule has 1 fully saturated rings. The van der Waals surface area contributed by atoms with Crippen molar-refractivity contribution < 1.29 is 13.2 Å². The fourth-order valence-corrected chi connectivity index (χ4v) is 2.25. The molecule has 1 aliphatic rings. The lowest BCUT2D eigenvalue weighted by atomic mass is 9.83. The van der Waals surface area contributed by atoms with Crippen molar-refractivity contribution in [2.75, 3.05) is 19.0 Å². The highest BCUT2D eigenvalue weighted by atomic mass is 32.2. The van der Waals surface area contributed by atoms with Gasteiger partial charge in [-0.3, -0.25) is 0 Å². The molecule has 15 heavy (non-hydrogen) atoms. The summed E-state index contributed by atoms with van der Waals surface area (Å²) in [4.78, 5) is 0. The van der Waals surface area contributed by atoms with Crippen LogP contribution < -0.4 is 5.14 Å². The average molecular weight is 235 g/mol. The highest BCUT2D eigenvalue weighted by molar-refractivity contribution is 7.89. The van der Waals surface area contributed by atoms with E-state index in [1.807, 2.05) is 0 Å². The summed E-state index contributed by atoms with van der Waals surface area (Å²) >= 11 is 0. The Hall–Kier alpha value is -0.130. The second-order valence-electron chi connectivity index (χ2n) is 4.27. The van der Waals surface area contributed by atoms with Crippen molar-refractivity contribution in [3.05, 3.63) is 0 Å². The maximum Gasteiger partial charge on any atom is 0.209 e. The molecule has 0 radical (unpaired) electrons. The summed E-state index contributed by atoms with van der Waals surface area (Å²) in [7, 11) is -3.28. The van der Waals surface area contributed by atoms with Gasteiger partial charge in [0, 0.05) is 13.2 Å². The second-order valence-corrected chi connectivity index (χ2v) is 6.01. The SMILES string of the molecule is NS(=O)(=O)CCCCOCCC1CCC1. The largest absolute Gasteiger partial charge is 0.381 e. The predicted octanol–water partition coefficient (Wildman–Crippen LogP) is 1.26. The summed E-state index contributed by atoms with van der Waals surface area (Å²) in [5, 5.41) is 4.87. The van der Waals surface area contributed by atoms with Crippen LogP contribution in [0.25, 0.3) is 0 Å². The van der Waals surface area contributed by atoms with Crippen LogP contribution in [0, 0.1) is 5.92 Å². The summed E-state index contributed by atoms with van der Waals surface area (Å²) < 4.78 is 26.6. The molecule has 0 bridgehead atoms. The molecule has 1 saturated carbocycles. The third kappa shape index (κ3) is 6.87. The van der Waals surface area contributed by atoms with Crippen molar-refractivity contribution in [1.29, 1.82) is 0 Å². The third-order valence-electron chi connectivity index (χ3n) is 2.86. The van der Waals surface area contributed by atoms with Gasteiger partial charge in [0.25, 0.3) is 0 Å². The van der Waals surface area contributed by atoms with Gasteiger partial charge in [-0.1, -0.05) is 19.3 Å². The number of unbranched alkanes of at least 4 members (excludes halogenated alkanes) is 1. The normalized spacial score (nSPS) is 17.7. The molecule has 0 unspecified atom stereocenters. The first kappa shape index (κ1) is 12.9. The van der Waals surface area contributed by atoms with Gasteiger partial charge in [0.2, 0.25) is 10.0 Å². The molecule has 0 atom stereocenters. The van der Waals surface area contributed by atoms with Crippen LogP contribution in [0.3, 0.4) is 0 Å². The van der Waals surface area contributed by atoms with E-state index in [0.29, 0.717) is 13.0 Å². The van der Waals surface area contributed by atoms with Crippen molar-refractivity contribution in [3.8, 4) is 0 Å². The van der Waals surface area contributed by atoms with Crippen LogP contribution in [-0.2, 0) is 14.8 Å². The van der Waals surface area contributed by atoms with E-state index in [-0.39, 0.29) is 5.75 Å². The van der Waals surface area contributed by atoms with E-state index >= 15 is 0 Å². The topological polar surface area (TPSA) is 69.4 Å². The van der Waals surface area contributed by atoms with E-state index in [1.54, 1.807) is 0 Å². The molecule has 1 rings (SSSR count). The van der Waals surface area contributed by atoms with Crippen molar-refractivity contribution in [3.63, 3.8) is 0 Å². The minimum absolute atomic E-state index is 0.0684. The Morgan fingerprint density at radius 2 is 1.93 bits per heavy atom. The van der Waals surface area contributed by atoms with E-state index in [2.05, 4.69) is 0 Å². The quantitative estimate of drug-likeness (QED) is 0.644. The molecular weight excluding hydrogens is 214 g/mol. The molecule has 5 heteroatoms. The van der Waals surface area contributed by atoms with Gasteiger partial charge >= 0.3 is 0 Å². The summed E-state index contributed by atoms with van der Waals surface area (Å²) in [6.07, 6.45) is 6.63. The van der Waals surface area contributed by atoms with Gasteiger partial charge < -0.3 is 4.74 Å². The fourth-order valence-electron chi connectivity index (χ4n) is 1.64. The Balaban J connectivity index is 1.80. The smallest absolute Gasteiger partial charge is 0.209 e. The first-order valence-electron chi connectivity index (χ1n) is 5.66. The Morgan fingerprint density at radius 1 is 1.20 bits per heavy atom. The Labute approximate surface area is 92.2 Å². The number of primary sulfonamides is 1. The summed E-state index contributed by atoms with van der Waals surface area (Å²) in [5.41, 5.74) is 0. The Kier molecular flexibility index (Phi) is 5.56. The number of ether oxygens (including phenoxy) is 1. The van der Waals surface area contributed by atoms with Gasteiger partial charge in [-0.05, 0) is 25.2 Å². The van der Waals surface area contributed by atoms with E-state index in [9.17, 15) is 8.42 Å². The first-order chi connectivity index (χ1) is 7.08. The molecule has 0 aromatic rings. The number of rotatable bonds is 8. The molecule has 0 saturated heterocycles. The lowest BCUT2D eigenvalue weighted by Gasteiger charge is -2.24. The minimum atomic E-state index is -3.28. The van der Waals surface area contributed by atoms with Crippen molar-refractivity contribution in [1.82, 2.24) is 0 Å². The maximum atomic E-state index is 10.6. The highest BCUT2D eigenvalue weighted by Gasteiger charge is 2.16. The zero-order valence-corrected chi connectivity index (χ0v) is 9.97. The minimum Gasteiger partial charge on any atom is -0.381 e. The van der Waals surface area contributed by atoms with E-state index in [4.69, 9.17) is 9.88 Å². The van der Waals surface area contributed by atoms with Crippen LogP contribution in [0.1, 0.15) is 38.5 Å². The molecule has 1 aliphatic carbocycles. The Bertz CT molecular complexity index is 260. The molecule has 0 aliphatic heterocycles. The summed E-state index contributed by atoms with van der Waals surface area (Å²) in [6.45, 7) is 1.47. The molecule has 0 heterocycles. The van der Waals surface area contributed by atoms with E-state index in [1.165, 1.54) is 19.3 Å². The lowest BCUT2D eigenvalue weighted by molar-refractivity contribution is 0.104. The van der Waals surface area contributed by atoms with Gasteiger partial charge in [0.15, 0.2) is 0 Å². The van der Waals surface area contributed by atoms with Crippen molar-refractivity contribution in [2.24, 2.45) is 11.1 Å². The fraction of sp³-hybridized carbons (Fsp3) is 1.00. The van der Waals surface area contributed by atoms with Crippen molar-refractivity contribution in [2.45, 2.75) is 38.5 Å². The molecule has 4 nitrogen and oxygen atoms in total. The van der Waals surface area contributed by atoms with Gasteiger partial charge in [0.05, 0.1) is 5.75 Å². The van der Waals surface area contributed by atoms with E-state index < -0.39 is 10.0 Å². The second kappa shape index (κ2) is 6.45. The number of hydrogen-bond acceptors (Lipinski definition) is 3. The predicted molar refractivity (Wildman–Crippen MR) is 60.0 cm³/mol. The molecular formula is C10H21NO3S. The zero-order valence-electron chi connectivity index (χ0n) is 9.15. The molecule has 0 spiro atoms. The Morgan fingerprint density at radius 3 is 2.47 bits per heavy atom. The summed E-state index contributed by atoms with van der Waals surface area (Å²) in [5.74, 6) is 0.952. The van der Waals surface area contributed by atoms with Crippen LogP contribution in [0.5, 0.6) is 0 Å². The van der Waals surface area contributed by atoms with Crippen LogP contribution in [0.15, 0.2) is 0 Å². The van der Waals surface area contributed by atoms with Gasteiger partial charge in [-0.25, -0.2) is 13.6 Å². The van der Waals surface area contributed by atoms with Crippen LogP contribution in [0.4, 0.5) is 0 Å². The maximum absolute atomic E-state index is 10.6. The molecule has 90 valence electrons. The van der Waals surface area contributed by atoms with Crippen LogP contribution in [0.2, 0.25) is 0 Å². The average Bonchev–Trinajstić information content (AvgIpc) is 2.04. The van der Waals surface area contributed by atoms with Crippen LogP contribution in [-0.4, -0.2) is 27.4 Å². The number of sulfonamides is 1. The van der Waals surface area contributed by atoms with Crippen molar-refractivity contribution >= 4 is 10.0 Å². The monoisotopic (exact) mass is 235 g/mol. The molecule has 0 amide bonds. The molecule has 0 aromatic carbocycles. The number of hydrogen-bond donors (Lipinski definition) is 1. The van der Waals surface area contributed by atoms with Gasteiger partial charge in [-0.2, -0.15) is 0 Å². The molecule has 0 aromatic heterocycles. The lowest BCUT2D eigenvalue weighted by Crippen LogP contribution is -2.17. The third-order valence-corrected chi connectivity index (χ3v) is 3.72. The van der Waals surface area contributed by atoms with E-state index in [0.717, 1.165) is 25.4 Å².